The highest BCUT2D eigenvalue weighted by Crippen LogP contribution is 2.16. The minimum Gasteiger partial charge on any atom is -0.321 e. The van der Waals surface area contributed by atoms with Crippen molar-refractivity contribution in [3.8, 4) is 0 Å². The molecular weight excluding hydrogens is 310 g/mol. The molecule has 0 aliphatic heterocycles. The lowest BCUT2D eigenvalue weighted by atomic mass is 10.1. The maximum atomic E-state index is 12.2. The second kappa shape index (κ2) is 6.58. The SMILES string of the molecule is Cc1[nH]c(=O)sc1C(=O)Nc1ccc(Cc2ccncc2)cc1. The number of pyridine rings is 1. The number of carbonyl (C=O) groups is 1. The lowest BCUT2D eigenvalue weighted by molar-refractivity contribution is 0.103. The molecule has 0 aliphatic rings. The van der Waals surface area contributed by atoms with Crippen molar-refractivity contribution >= 4 is 22.9 Å². The Morgan fingerprint density at radius 3 is 2.39 bits per heavy atom. The van der Waals surface area contributed by atoms with E-state index in [1.807, 2.05) is 36.4 Å². The van der Waals surface area contributed by atoms with Gasteiger partial charge in [0.2, 0.25) is 0 Å². The molecule has 23 heavy (non-hydrogen) atoms. The van der Waals surface area contributed by atoms with Crippen LogP contribution in [0.1, 0.15) is 26.5 Å². The van der Waals surface area contributed by atoms with Crippen molar-refractivity contribution in [3.63, 3.8) is 0 Å². The van der Waals surface area contributed by atoms with Gasteiger partial charge in [0.25, 0.3) is 5.91 Å². The molecule has 116 valence electrons. The summed E-state index contributed by atoms with van der Waals surface area (Å²) in [5, 5.41) is 2.81. The van der Waals surface area contributed by atoms with Crippen molar-refractivity contribution in [2.75, 3.05) is 5.32 Å². The van der Waals surface area contributed by atoms with Crippen LogP contribution in [-0.4, -0.2) is 15.9 Å². The Kier molecular flexibility index (Phi) is 4.34. The van der Waals surface area contributed by atoms with Crippen LogP contribution in [0.25, 0.3) is 0 Å². The minimum atomic E-state index is -0.271. The maximum absolute atomic E-state index is 12.2. The number of thiazole rings is 1. The lowest BCUT2D eigenvalue weighted by Gasteiger charge is -2.06. The first-order chi connectivity index (χ1) is 11.1. The highest BCUT2D eigenvalue weighted by molar-refractivity contribution is 7.11. The molecule has 0 saturated heterocycles. The predicted molar refractivity (Wildman–Crippen MR) is 91.1 cm³/mol. The zero-order valence-corrected chi connectivity index (χ0v) is 13.3. The van der Waals surface area contributed by atoms with E-state index >= 15 is 0 Å². The van der Waals surface area contributed by atoms with Crippen molar-refractivity contribution in [3.05, 3.63) is 80.2 Å². The van der Waals surface area contributed by atoms with Gasteiger partial charge in [-0.25, -0.2) is 0 Å². The number of amides is 1. The Morgan fingerprint density at radius 1 is 1.13 bits per heavy atom. The van der Waals surface area contributed by atoms with Gasteiger partial charge in [0, 0.05) is 23.8 Å². The number of nitrogens with zero attached hydrogens (tertiary/aromatic N) is 1. The standard InChI is InChI=1S/C17H15N3O2S/c1-11-15(23-17(22)19-11)16(21)20-14-4-2-12(3-5-14)10-13-6-8-18-9-7-13/h2-9H,10H2,1H3,(H,19,22)(H,20,21). The van der Waals surface area contributed by atoms with Crippen LogP contribution in [0.2, 0.25) is 0 Å². The number of H-pyrrole nitrogens is 1. The number of hydrogen-bond acceptors (Lipinski definition) is 4. The van der Waals surface area contributed by atoms with Gasteiger partial charge in [0.05, 0.1) is 0 Å². The molecule has 0 unspecified atom stereocenters. The van der Waals surface area contributed by atoms with E-state index in [0.717, 1.165) is 23.3 Å². The van der Waals surface area contributed by atoms with E-state index in [0.29, 0.717) is 16.3 Å². The first-order valence-corrected chi connectivity index (χ1v) is 7.92. The van der Waals surface area contributed by atoms with Crippen LogP contribution in [0.3, 0.4) is 0 Å². The van der Waals surface area contributed by atoms with Gasteiger partial charge >= 0.3 is 4.87 Å². The summed E-state index contributed by atoms with van der Waals surface area (Å²) in [4.78, 5) is 30.2. The lowest BCUT2D eigenvalue weighted by Crippen LogP contribution is -2.11. The molecule has 1 aromatic carbocycles. The first-order valence-electron chi connectivity index (χ1n) is 7.11. The van der Waals surface area contributed by atoms with E-state index in [1.165, 1.54) is 5.56 Å². The van der Waals surface area contributed by atoms with E-state index in [9.17, 15) is 9.59 Å². The topological polar surface area (TPSA) is 74.8 Å². The van der Waals surface area contributed by atoms with Gasteiger partial charge in [-0.1, -0.05) is 23.5 Å². The molecule has 0 aliphatic carbocycles. The maximum Gasteiger partial charge on any atom is 0.305 e. The molecule has 1 amide bonds. The van der Waals surface area contributed by atoms with Crippen LogP contribution in [0.15, 0.2) is 53.6 Å². The Labute approximate surface area is 137 Å². The fourth-order valence-electron chi connectivity index (χ4n) is 2.25. The number of rotatable bonds is 4. The predicted octanol–water partition coefficient (Wildman–Crippen LogP) is 2.98. The monoisotopic (exact) mass is 325 g/mol. The quantitative estimate of drug-likeness (QED) is 0.774. The Bertz CT molecular complexity index is 867. The summed E-state index contributed by atoms with van der Waals surface area (Å²) in [5.74, 6) is -0.271. The molecule has 0 saturated carbocycles. The average molecular weight is 325 g/mol. The summed E-state index contributed by atoms with van der Waals surface area (Å²) >= 11 is 0.918. The molecule has 3 rings (SSSR count). The highest BCUT2D eigenvalue weighted by Gasteiger charge is 2.13. The summed E-state index contributed by atoms with van der Waals surface area (Å²) in [6.45, 7) is 1.71. The van der Waals surface area contributed by atoms with Gasteiger partial charge in [0.15, 0.2) is 0 Å². The van der Waals surface area contributed by atoms with Gasteiger partial charge in [-0.05, 0) is 48.7 Å². The Balaban J connectivity index is 1.69. The molecule has 0 radical (unpaired) electrons. The Morgan fingerprint density at radius 2 is 1.78 bits per heavy atom. The summed E-state index contributed by atoms with van der Waals surface area (Å²) in [6.07, 6.45) is 4.36. The molecule has 2 N–H and O–H groups in total. The summed E-state index contributed by atoms with van der Waals surface area (Å²) in [6, 6.07) is 11.6. The number of aromatic nitrogens is 2. The number of benzene rings is 1. The third-order valence-electron chi connectivity index (χ3n) is 3.40. The summed E-state index contributed by atoms with van der Waals surface area (Å²) in [7, 11) is 0. The van der Waals surface area contributed by atoms with Crippen molar-refractivity contribution in [1.82, 2.24) is 9.97 Å². The van der Waals surface area contributed by atoms with Gasteiger partial charge < -0.3 is 10.3 Å². The highest BCUT2D eigenvalue weighted by atomic mass is 32.1. The number of anilines is 1. The van der Waals surface area contributed by atoms with Gasteiger partial charge in [-0.2, -0.15) is 0 Å². The van der Waals surface area contributed by atoms with Crippen LogP contribution < -0.4 is 10.2 Å². The number of aromatic amines is 1. The molecule has 0 fully saturated rings. The zero-order valence-electron chi connectivity index (χ0n) is 12.5. The largest absolute Gasteiger partial charge is 0.321 e. The van der Waals surface area contributed by atoms with Crippen LogP contribution in [-0.2, 0) is 6.42 Å². The molecule has 2 aromatic heterocycles. The second-order valence-corrected chi connectivity index (χ2v) is 6.14. The van der Waals surface area contributed by atoms with Crippen LogP contribution >= 0.6 is 11.3 Å². The molecule has 0 atom stereocenters. The normalized spacial score (nSPS) is 10.5. The molecule has 2 heterocycles. The van der Waals surface area contributed by atoms with Gasteiger partial charge in [0.1, 0.15) is 4.88 Å². The van der Waals surface area contributed by atoms with Crippen molar-refractivity contribution < 1.29 is 4.79 Å². The van der Waals surface area contributed by atoms with Crippen LogP contribution in [0.4, 0.5) is 5.69 Å². The van der Waals surface area contributed by atoms with E-state index in [4.69, 9.17) is 0 Å². The van der Waals surface area contributed by atoms with Crippen molar-refractivity contribution in [2.24, 2.45) is 0 Å². The third-order valence-corrected chi connectivity index (χ3v) is 4.38. The molecule has 0 bridgehead atoms. The van der Waals surface area contributed by atoms with Gasteiger partial charge in [-0.3, -0.25) is 14.6 Å². The van der Waals surface area contributed by atoms with E-state index in [2.05, 4.69) is 15.3 Å². The third kappa shape index (κ3) is 3.73. The zero-order chi connectivity index (χ0) is 16.2. The van der Waals surface area contributed by atoms with E-state index < -0.39 is 0 Å². The number of aryl methyl sites for hydroxylation is 1. The number of hydrogen-bond donors (Lipinski definition) is 2. The van der Waals surface area contributed by atoms with Crippen LogP contribution in [0.5, 0.6) is 0 Å². The molecule has 6 heteroatoms. The van der Waals surface area contributed by atoms with Crippen molar-refractivity contribution in [2.45, 2.75) is 13.3 Å². The fourth-order valence-corrected chi connectivity index (χ4v) is 2.99. The summed E-state index contributed by atoms with van der Waals surface area (Å²) in [5.41, 5.74) is 3.63. The van der Waals surface area contributed by atoms with Crippen LogP contribution in [0, 0.1) is 6.92 Å². The fraction of sp³-hybridized carbons (Fsp3) is 0.118. The molecule has 5 nitrogen and oxygen atoms in total. The Hall–Kier alpha value is -2.73. The molecular formula is C17H15N3O2S. The van der Waals surface area contributed by atoms with Gasteiger partial charge in [-0.15, -0.1) is 0 Å². The number of carbonyl (C=O) groups excluding carboxylic acids is 1. The van der Waals surface area contributed by atoms with Crippen molar-refractivity contribution in [1.29, 1.82) is 0 Å². The summed E-state index contributed by atoms with van der Waals surface area (Å²) < 4.78 is 0. The average Bonchev–Trinajstić information content (AvgIpc) is 2.89. The smallest absolute Gasteiger partial charge is 0.305 e. The molecule has 0 spiro atoms. The van der Waals surface area contributed by atoms with E-state index in [-0.39, 0.29) is 10.8 Å². The van der Waals surface area contributed by atoms with E-state index in [1.54, 1.807) is 19.3 Å². The first kappa shape index (κ1) is 15.2. The molecule has 3 aromatic rings. The second-order valence-electron chi connectivity index (χ2n) is 5.15. The number of nitrogens with one attached hydrogen (secondary N) is 2. The minimum absolute atomic E-state index is 0.222.